The Labute approximate surface area is 169 Å². The van der Waals surface area contributed by atoms with Gasteiger partial charge in [-0.1, -0.05) is 31.5 Å². The number of thiophene rings is 1. The Hall–Kier alpha value is -2.19. The summed E-state index contributed by atoms with van der Waals surface area (Å²) in [7, 11) is -3.53. The van der Waals surface area contributed by atoms with E-state index in [0.717, 1.165) is 25.7 Å². The molecule has 1 atom stereocenters. The Morgan fingerprint density at radius 2 is 1.93 bits per heavy atom. The van der Waals surface area contributed by atoms with E-state index in [1.165, 1.54) is 33.9 Å². The molecule has 150 valence electrons. The fourth-order valence-electron chi connectivity index (χ4n) is 3.28. The summed E-state index contributed by atoms with van der Waals surface area (Å²) in [6, 6.07) is 9.90. The van der Waals surface area contributed by atoms with Crippen LogP contribution in [0.3, 0.4) is 0 Å². The van der Waals surface area contributed by atoms with Crippen LogP contribution in [0.1, 0.15) is 46.3 Å². The molecule has 28 heavy (non-hydrogen) atoms. The highest BCUT2D eigenvalue weighted by Gasteiger charge is 2.22. The zero-order chi connectivity index (χ0) is 20.1. The topological polar surface area (TPSA) is 92.3 Å². The molecule has 2 amide bonds. The predicted molar refractivity (Wildman–Crippen MR) is 109 cm³/mol. The molecule has 1 aromatic carbocycles. The molecule has 1 aliphatic rings. The van der Waals surface area contributed by atoms with Crippen LogP contribution < -0.4 is 10.9 Å². The Morgan fingerprint density at radius 1 is 1.18 bits per heavy atom. The van der Waals surface area contributed by atoms with Crippen molar-refractivity contribution in [1.82, 2.24) is 10.9 Å². The van der Waals surface area contributed by atoms with Crippen LogP contribution in [-0.2, 0) is 27.5 Å². The van der Waals surface area contributed by atoms with Gasteiger partial charge in [-0.2, -0.15) is 0 Å². The molecule has 1 aliphatic carbocycles. The van der Waals surface area contributed by atoms with Crippen molar-refractivity contribution >= 4 is 33.0 Å². The van der Waals surface area contributed by atoms with Crippen LogP contribution >= 0.6 is 11.3 Å². The summed E-state index contributed by atoms with van der Waals surface area (Å²) in [6.45, 7) is 2.18. The number of fused-ring (bicyclic) bond motifs is 1. The van der Waals surface area contributed by atoms with Gasteiger partial charge in [-0.05, 0) is 48.9 Å². The molecular weight excluding hydrogens is 396 g/mol. The third kappa shape index (κ3) is 4.99. The third-order valence-corrected chi connectivity index (χ3v) is 7.97. The number of rotatable bonds is 6. The minimum atomic E-state index is -3.53. The number of hydrazine groups is 1. The van der Waals surface area contributed by atoms with Gasteiger partial charge in [-0.3, -0.25) is 20.4 Å². The molecule has 0 aliphatic heterocycles. The van der Waals surface area contributed by atoms with Crippen molar-refractivity contribution in [2.45, 2.75) is 43.9 Å². The van der Waals surface area contributed by atoms with Crippen LogP contribution in [0.15, 0.2) is 41.3 Å². The first-order valence-electron chi connectivity index (χ1n) is 9.37. The lowest BCUT2D eigenvalue weighted by molar-refractivity contribution is -0.121. The van der Waals surface area contributed by atoms with Crippen molar-refractivity contribution in [2.24, 2.45) is 5.92 Å². The van der Waals surface area contributed by atoms with Crippen molar-refractivity contribution in [2.75, 3.05) is 5.75 Å². The molecule has 2 aromatic rings. The monoisotopic (exact) mass is 420 g/mol. The summed E-state index contributed by atoms with van der Waals surface area (Å²) in [4.78, 5) is 26.2. The van der Waals surface area contributed by atoms with Crippen molar-refractivity contribution in [1.29, 1.82) is 0 Å². The summed E-state index contributed by atoms with van der Waals surface area (Å²) in [5.41, 5.74) is 5.93. The fraction of sp³-hybridized carbons (Fsp3) is 0.400. The van der Waals surface area contributed by atoms with Gasteiger partial charge in [0, 0.05) is 11.3 Å². The molecule has 1 heterocycles. The van der Waals surface area contributed by atoms with Crippen LogP contribution in [0, 0.1) is 5.92 Å². The molecule has 3 rings (SSSR count). The van der Waals surface area contributed by atoms with E-state index in [2.05, 4.69) is 17.8 Å². The first-order chi connectivity index (χ1) is 13.4. The minimum Gasteiger partial charge on any atom is -0.273 e. The lowest BCUT2D eigenvalue weighted by Gasteiger charge is -2.19. The standard InChI is InChI=1S/C20H24N2O4S2/c1-2-14-8-9-17-15(12-14)13-18(27-17)20(24)22-21-19(23)10-11-28(25,26)16-6-4-3-5-7-16/h3-7,13-14H,2,8-12H2,1H3,(H,21,23)(H,22,24)/t14-/m1/s1. The van der Waals surface area contributed by atoms with E-state index in [9.17, 15) is 18.0 Å². The molecule has 0 bridgehead atoms. The summed E-state index contributed by atoms with van der Waals surface area (Å²) < 4.78 is 24.4. The number of hydrogen-bond acceptors (Lipinski definition) is 5. The second-order valence-electron chi connectivity index (χ2n) is 6.96. The molecule has 0 radical (unpaired) electrons. The van der Waals surface area contributed by atoms with Gasteiger partial charge < -0.3 is 0 Å². The first kappa shape index (κ1) is 20.5. The van der Waals surface area contributed by atoms with Gasteiger partial charge in [0.2, 0.25) is 5.91 Å². The van der Waals surface area contributed by atoms with E-state index in [1.807, 2.05) is 6.07 Å². The Kier molecular flexibility index (Phi) is 6.51. The van der Waals surface area contributed by atoms with Gasteiger partial charge in [0.25, 0.3) is 5.91 Å². The van der Waals surface area contributed by atoms with E-state index in [4.69, 9.17) is 0 Å². The molecule has 0 spiro atoms. The van der Waals surface area contributed by atoms with Crippen LogP contribution in [-0.4, -0.2) is 26.0 Å². The average Bonchev–Trinajstić information content (AvgIpc) is 3.14. The fourth-order valence-corrected chi connectivity index (χ4v) is 5.65. The lowest BCUT2D eigenvalue weighted by Crippen LogP contribution is -2.41. The zero-order valence-corrected chi connectivity index (χ0v) is 17.4. The van der Waals surface area contributed by atoms with E-state index < -0.39 is 15.7 Å². The largest absolute Gasteiger partial charge is 0.279 e. The van der Waals surface area contributed by atoms with Crippen molar-refractivity contribution in [3.8, 4) is 0 Å². The number of carbonyl (C=O) groups excluding carboxylic acids is 2. The summed E-state index contributed by atoms with van der Waals surface area (Å²) in [5.74, 6) is -0.555. The summed E-state index contributed by atoms with van der Waals surface area (Å²) in [5, 5.41) is 0. The van der Waals surface area contributed by atoms with Gasteiger partial charge in [0.1, 0.15) is 0 Å². The highest BCUT2D eigenvalue weighted by molar-refractivity contribution is 7.91. The maximum atomic E-state index is 12.3. The number of aryl methyl sites for hydroxylation is 1. The van der Waals surface area contributed by atoms with E-state index >= 15 is 0 Å². The minimum absolute atomic E-state index is 0.182. The van der Waals surface area contributed by atoms with Crippen LogP contribution in [0.4, 0.5) is 0 Å². The zero-order valence-electron chi connectivity index (χ0n) is 15.7. The molecule has 6 nitrogen and oxygen atoms in total. The molecule has 1 aromatic heterocycles. The number of benzene rings is 1. The maximum absolute atomic E-state index is 12.3. The maximum Gasteiger partial charge on any atom is 0.279 e. The summed E-state index contributed by atoms with van der Waals surface area (Å²) in [6.07, 6.45) is 4.06. The van der Waals surface area contributed by atoms with E-state index in [0.29, 0.717) is 10.8 Å². The van der Waals surface area contributed by atoms with Crippen molar-refractivity contribution in [3.05, 3.63) is 51.7 Å². The van der Waals surface area contributed by atoms with Gasteiger partial charge in [-0.25, -0.2) is 8.42 Å². The molecular formula is C20H24N2O4S2. The number of hydrogen-bond donors (Lipinski definition) is 2. The highest BCUT2D eigenvalue weighted by atomic mass is 32.2. The molecule has 0 saturated heterocycles. The van der Waals surface area contributed by atoms with Crippen LogP contribution in [0.2, 0.25) is 0 Å². The van der Waals surface area contributed by atoms with E-state index in [1.54, 1.807) is 18.2 Å². The lowest BCUT2D eigenvalue weighted by atomic mass is 9.87. The van der Waals surface area contributed by atoms with Gasteiger partial charge in [-0.15, -0.1) is 11.3 Å². The smallest absolute Gasteiger partial charge is 0.273 e. The number of sulfone groups is 1. The molecule has 0 saturated carbocycles. The summed E-state index contributed by atoms with van der Waals surface area (Å²) >= 11 is 1.46. The van der Waals surface area contributed by atoms with Crippen molar-refractivity contribution < 1.29 is 18.0 Å². The quantitative estimate of drug-likeness (QED) is 0.703. The number of nitrogens with one attached hydrogen (secondary N) is 2. The molecule has 0 unspecified atom stereocenters. The SMILES string of the molecule is CC[C@@H]1CCc2sc(C(=O)NNC(=O)CCS(=O)(=O)c3ccccc3)cc2C1. The average molecular weight is 421 g/mol. The predicted octanol–water partition coefficient (Wildman–Crippen LogP) is 2.89. The Bertz CT molecular complexity index is 952. The van der Waals surface area contributed by atoms with Gasteiger partial charge in [0.15, 0.2) is 9.84 Å². The van der Waals surface area contributed by atoms with Crippen LogP contribution in [0.25, 0.3) is 0 Å². The first-order valence-corrected chi connectivity index (χ1v) is 11.8. The normalized spacial score (nSPS) is 16.2. The molecule has 0 fully saturated rings. The number of carbonyl (C=O) groups is 2. The highest BCUT2D eigenvalue weighted by Crippen LogP contribution is 2.33. The number of amides is 2. The van der Waals surface area contributed by atoms with Gasteiger partial charge >= 0.3 is 0 Å². The van der Waals surface area contributed by atoms with Crippen molar-refractivity contribution in [3.63, 3.8) is 0 Å². The second kappa shape index (κ2) is 8.87. The molecule has 2 N–H and O–H groups in total. The van der Waals surface area contributed by atoms with Crippen LogP contribution in [0.5, 0.6) is 0 Å². The van der Waals surface area contributed by atoms with Gasteiger partial charge in [0.05, 0.1) is 15.5 Å². The third-order valence-electron chi connectivity index (χ3n) is 5.00. The Morgan fingerprint density at radius 3 is 2.64 bits per heavy atom. The Balaban J connectivity index is 1.50. The molecule has 8 heteroatoms. The second-order valence-corrected chi connectivity index (χ2v) is 10.2. The van der Waals surface area contributed by atoms with E-state index in [-0.39, 0.29) is 23.0 Å².